The Labute approximate surface area is 173 Å². The number of halogens is 2. The molecule has 1 fully saturated rings. The quantitative estimate of drug-likeness (QED) is 0.524. The van der Waals surface area contributed by atoms with E-state index >= 15 is 0 Å². The topological polar surface area (TPSA) is 87.5 Å². The first-order valence-corrected chi connectivity index (χ1v) is 9.69. The third-order valence-corrected chi connectivity index (χ3v) is 5.35. The molecular formula is C20H22ClFN4O3. The average molecular weight is 421 g/mol. The van der Waals surface area contributed by atoms with Gasteiger partial charge in [-0.2, -0.15) is 0 Å². The van der Waals surface area contributed by atoms with Crippen molar-refractivity contribution < 1.29 is 14.1 Å². The molecule has 1 amide bonds. The van der Waals surface area contributed by atoms with Gasteiger partial charge >= 0.3 is 0 Å². The molecule has 0 aliphatic carbocycles. The Kier molecular flexibility index (Phi) is 6.79. The van der Waals surface area contributed by atoms with Crippen LogP contribution in [0.5, 0.6) is 0 Å². The number of hydrogen-bond donors (Lipinski definition) is 2. The molecular weight excluding hydrogens is 399 g/mol. The summed E-state index contributed by atoms with van der Waals surface area (Å²) in [5.74, 6) is -0.524. The minimum absolute atomic E-state index is 0.0693. The van der Waals surface area contributed by atoms with Gasteiger partial charge in [0.2, 0.25) is 0 Å². The van der Waals surface area contributed by atoms with E-state index in [-0.39, 0.29) is 40.1 Å². The van der Waals surface area contributed by atoms with Crippen molar-refractivity contribution in [3.8, 4) is 0 Å². The molecule has 9 heteroatoms. The van der Waals surface area contributed by atoms with Crippen LogP contribution >= 0.6 is 11.6 Å². The summed E-state index contributed by atoms with van der Waals surface area (Å²) in [6.45, 7) is 0.533. The summed E-state index contributed by atoms with van der Waals surface area (Å²) in [5, 5.41) is 10.9. The molecule has 154 valence electrons. The lowest BCUT2D eigenvalue weighted by Gasteiger charge is -2.19. The normalized spacial score (nSPS) is 18.6. The molecule has 1 heterocycles. The van der Waals surface area contributed by atoms with E-state index in [4.69, 9.17) is 11.6 Å². The van der Waals surface area contributed by atoms with Crippen molar-refractivity contribution in [2.45, 2.75) is 31.3 Å². The Hall–Kier alpha value is -2.55. The fourth-order valence-corrected chi connectivity index (χ4v) is 3.65. The van der Waals surface area contributed by atoms with Gasteiger partial charge in [0.15, 0.2) is 0 Å². The van der Waals surface area contributed by atoms with Crippen molar-refractivity contribution in [2.24, 2.45) is 0 Å². The van der Waals surface area contributed by atoms with Crippen LogP contribution in [0.15, 0.2) is 42.5 Å². The molecule has 1 saturated heterocycles. The number of amides is 1. The van der Waals surface area contributed by atoms with Crippen molar-refractivity contribution in [2.75, 3.05) is 13.6 Å². The number of rotatable bonds is 7. The molecule has 2 N–H and O–H groups in total. The predicted octanol–water partition coefficient (Wildman–Crippen LogP) is 3.85. The molecule has 2 unspecified atom stereocenters. The van der Waals surface area contributed by atoms with Gasteiger partial charge in [0.1, 0.15) is 5.82 Å². The molecule has 0 saturated carbocycles. The molecule has 29 heavy (non-hydrogen) atoms. The van der Waals surface area contributed by atoms with Crippen LogP contribution in [0.1, 0.15) is 41.2 Å². The van der Waals surface area contributed by atoms with E-state index in [2.05, 4.69) is 10.9 Å². The summed E-state index contributed by atoms with van der Waals surface area (Å²) in [5.41, 5.74) is 7.60. The highest BCUT2D eigenvalue weighted by Gasteiger charge is 2.25. The van der Waals surface area contributed by atoms with Crippen LogP contribution in [0, 0.1) is 15.9 Å². The zero-order valence-corrected chi connectivity index (χ0v) is 16.7. The second-order valence-corrected chi connectivity index (χ2v) is 7.52. The molecule has 0 spiro atoms. The van der Waals surface area contributed by atoms with Crippen LogP contribution in [0.25, 0.3) is 0 Å². The highest BCUT2D eigenvalue weighted by atomic mass is 35.5. The van der Waals surface area contributed by atoms with Crippen LogP contribution in [-0.4, -0.2) is 35.4 Å². The summed E-state index contributed by atoms with van der Waals surface area (Å²) in [7, 11) is 1.68. The van der Waals surface area contributed by atoms with E-state index in [1.165, 1.54) is 30.3 Å². The number of benzene rings is 2. The van der Waals surface area contributed by atoms with Gasteiger partial charge < -0.3 is 4.90 Å². The molecule has 2 atom stereocenters. The van der Waals surface area contributed by atoms with Gasteiger partial charge in [-0.15, -0.1) is 0 Å². The Morgan fingerprint density at radius 2 is 2.00 bits per heavy atom. The first kappa shape index (κ1) is 21.2. The minimum atomic E-state index is -0.550. The Morgan fingerprint density at radius 3 is 2.66 bits per heavy atom. The number of nitrogens with one attached hydrogen (secondary N) is 2. The number of carbonyl (C=O) groups is 1. The molecule has 0 radical (unpaired) electrons. The third-order valence-electron chi connectivity index (χ3n) is 5.04. The molecule has 2 aromatic carbocycles. The van der Waals surface area contributed by atoms with Crippen molar-refractivity contribution in [1.29, 1.82) is 0 Å². The summed E-state index contributed by atoms with van der Waals surface area (Å²) in [4.78, 5) is 24.4. The van der Waals surface area contributed by atoms with Gasteiger partial charge in [0.05, 0.1) is 15.5 Å². The van der Waals surface area contributed by atoms with Crippen LogP contribution in [0.3, 0.4) is 0 Å². The number of carbonyl (C=O) groups excluding carboxylic acids is 1. The number of hydrogen-bond acceptors (Lipinski definition) is 5. The zero-order chi connectivity index (χ0) is 21.0. The molecule has 2 aromatic rings. The number of nitrogens with zero attached hydrogens (tertiary/aromatic N) is 2. The molecule has 1 aliphatic heterocycles. The summed E-state index contributed by atoms with van der Waals surface area (Å²) in [6, 6.07) is 10.7. The molecule has 7 nitrogen and oxygen atoms in total. The highest BCUT2D eigenvalue weighted by Crippen LogP contribution is 2.25. The SMILES string of the molecule is CN(CCCC1CC(c2ccc(F)cc2)NN1)C(=O)c1ccc([N+](=O)[O-])cc1Cl. The lowest BCUT2D eigenvalue weighted by atomic mass is 9.99. The Bertz CT molecular complexity index is 894. The number of non-ortho nitro benzene ring substituents is 1. The van der Waals surface area contributed by atoms with E-state index in [9.17, 15) is 19.3 Å². The first-order chi connectivity index (χ1) is 13.8. The van der Waals surface area contributed by atoms with Crippen LogP contribution in [0.2, 0.25) is 5.02 Å². The number of nitro groups is 1. The van der Waals surface area contributed by atoms with E-state index in [1.54, 1.807) is 24.1 Å². The highest BCUT2D eigenvalue weighted by molar-refractivity contribution is 6.34. The average Bonchev–Trinajstić information content (AvgIpc) is 3.16. The summed E-state index contributed by atoms with van der Waals surface area (Å²) in [6.07, 6.45) is 2.51. The maximum Gasteiger partial charge on any atom is 0.270 e. The van der Waals surface area contributed by atoms with Crippen molar-refractivity contribution in [3.63, 3.8) is 0 Å². The molecule has 1 aliphatic rings. The molecule has 3 rings (SSSR count). The molecule has 0 bridgehead atoms. The predicted molar refractivity (Wildman–Crippen MR) is 108 cm³/mol. The van der Waals surface area contributed by atoms with Gasteiger partial charge in [-0.3, -0.25) is 25.8 Å². The standard InChI is InChI=1S/C20H22ClFN4O3/c1-25(20(27)17-9-8-16(26(28)29)12-18(17)21)10-2-3-15-11-19(24-23-15)13-4-6-14(22)7-5-13/h4-9,12,15,19,23-24H,2-3,10-11H2,1H3. The Morgan fingerprint density at radius 1 is 1.28 bits per heavy atom. The lowest BCUT2D eigenvalue weighted by Crippen LogP contribution is -2.32. The first-order valence-electron chi connectivity index (χ1n) is 9.31. The third kappa shape index (κ3) is 5.29. The lowest BCUT2D eigenvalue weighted by molar-refractivity contribution is -0.384. The smallest absolute Gasteiger partial charge is 0.270 e. The number of nitro benzene ring substituents is 1. The maximum atomic E-state index is 13.1. The van der Waals surface area contributed by atoms with Crippen molar-refractivity contribution in [1.82, 2.24) is 15.8 Å². The maximum absolute atomic E-state index is 13.1. The second kappa shape index (κ2) is 9.30. The minimum Gasteiger partial charge on any atom is -0.342 e. The van der Waals surface area contributed by atoms with E-state index in [1.807, 2.05) is 0 Å². The second-order valence-electron chi connectivity index (χ2n) is 7.12. The molecule has 0 aromatic heterocycles. The van der Waals surface area contributed by atoms with Crippen LogP contribution in [0.4, 0.5) is 10.1 Å². The van der Waals surface area contributed by atoms with E-state index < -0.39 is 4.92 Å². The monoisotopic (exact) mass is 420 g/mol. The van der Waals surface area contributed by atoms with Crippen molar-refractivity contribution in [3.05, 3.63) is 74.5 Å². The van der Waals surface area contributed by atoms with E-state index in [0.717, 1.165) is 24.8 Å². The van der Waals surface area contributed by atoms with E-state index in [0.29, 0.717) is 6.54 Å². The van der Waals surface area contributed by atoms with Gasteiger partial charge in [-0.1, -0.05) is 23.7 Å². The van der Waals surface area contributed by atoms with Crippen LogP contribution in [-0.2, 0) is 0 Å². The van der Waals surface area contributed by atoms with Gasteiger partial charge in [-0.05, 0) is 43.0 Å². The fourth-order valence-electron chi connectivity index (χ4n) is 3.40. The summed E-state index contributed by atoms with van der Waals surface area (Å²) < 4.78 is 13.1. The van der Waals surface area contributed by atoms with Gasteiger partial charge in [0, 0.05) is 37.8 Å². The number of hydrazine groups is 1. The van der Waals surface area contributed by atoms with Gasteiger partial charge in [-0.25, -0.2) is 4.39 Å². The van der Waals surface area contributed by atoms with Gasteiger partial charge in [0.25, 0.3) is 11.6 Å². The Balaban J connectivity index is 1.47. The van der Waals surface area contributed by atoms with Crippen molar-refractivity contribution >= 4 is 23.2 Å². The largest absolute Gasteiger partial charge is 0.342 e. The zero-order valence-electron chi connectivity index (χ0n) is 15.9. The summed E-state index contributed by atoms with van der Waals surface area (Å²) >= 11 is 6.04. The fraction of sp³-hybridized carbons (Fsp3) is 0.350. The van der Waals surface area contributed by atoms with Crippen LogP contribution < -0.4 is 10.9 Å².